The molecule has 0 saturated carbocycles. The number of aromatic hydroxyl groups is 2. The number of hydrazone groups is 1. The molecular formula is C14H12Cl2N2O2. The first-order valence-electron chi connectivity index (χ1n) is 5.75. The molecule has 6 heteroatoms. The minimum Gasteiger partial charge on any atom is -0.508 e. The molecule has 104 valence electrons. The van der Waals surface area contributed by atoms with Gasteiger partial charge in [0.2, 0.25) is 0 Å². The third kappa shape index (κ3) is 3.35. The molecule has 0 aromatic heterocycles. The average Bonchev–Trinajstić information content (AvgIpc) is 2.40. The molecule has 0 fully saturated rings. The average molecular weight is 311 g/mol. The number of nitrogens with zero attached hydrogens (tertiary/aromatic N) is 1. The molecule has 0 bridgehead atoms. The van der Waals surface area contributed by atoms with Crippen LogP contribution in [0.15, 0.2) is 41.5 Å². The van der Waals surface area contributed by atoms with E-state index in [4.69, 9.17) is 23.2 Å². The fourth-order valence-electron chi connectivity index (χ4n) is 1.60. The van der Waals surface area contributed by atoms with Gasteiger partial charge in [-0.2, -0.15) is 5.10 Å². The lowest BCUT2D eigenvalue weighted by molar-refractivity contribution is 0.450. The Labute approximate surface area is 126 Å². The summed E-state index contributed by atoms with van der Waals surface area (Å²) in [5.41, 5.74) is 4.59. The zero-order valence-corrected chi connectivity index (χ0v) is 12.1. The fraction of sp³-hybridized carbons (Fsp3) is 0.0714. The van der Waals surface area contributed by atoms with Crippen molar-refractivity contribution in [2.75, 3.05) is 5.43 Å². The maximum Gasteiger partial charge on any atom is 0.128 e. The number of phenolic OH excluding ortho intramolecular Hbond substituents is 2. The van der Waals surface area contributed by atoms with Crippen LogP contribution in [-0.4, -0.2) is 15.9 Å². The number of benzene rings is 2. The van der Waals surface area contributed by atoms with Crippen molar-refractivity contribution in [1.82, 2.24) is 0 Å². The highest BCUT2D eigenvalue weighted by molar-refractivity contribution is 6.42. The molecule has 0 aliphatic rings. The van der Waals surface area contributed by atoms with E-state index in [-0.39, 0.29) is 11.5 Å². The number of anilines is 1. The molecule has 0 aliphatic carbocycles. The van der Waals surface area contributed by atoms with Crippen LogP contribution in [0.2, 0.25) is 10.0 Å². The highest BCUT2D eigenvalue weighted by Crippen LogP contribution is 2.26. The van der Waals surface area contributed by atoms with Crippen LogP contribution < -0.4 is 5.43 Å². The van der Waals surface area contributed by atoms with E-state index in [1.807, 2.05) is 0 Å². The van der Waals surface area contributed by atoms with Gasteiger partial charge in [-0.3, -0.25) is 5.43 Å². The van der Waals surface area contributed by atoms with E-state index in [1.54, 1.807) is 31.2 Å². The van der Waals surface area contributed by atoms with Gasteiger partial charge < -0.3 is 10.2 Å². The summed E-state index contributed by atoms with van der Waals surface area (Å²) in [6, 6.07) is 9.37. The van der Waals surface area contributed by atoms with E-state index in [2.05, 4.69) is 10.5 Å². The second-order valence-electron chi connectivity index (χ2n) is 4.14. The summed E-state index contributed by atoms with van der Waals surface area (Å²) in [7, 11) is 0. The standard InChI is InChI=1S/C14H12Cl2N2O2/c1-8(11-4-3-10(19)7-14(11)20)17-18-9-2-5-12(15)13(16)6-9/h2-7,18-20H,1H3/b17-8+. The molecule has 0 heterocycles. The van der Waals surface area contributed by atoms with Crippen molar-refractivity contribution in [3.8, 4) is 11.5 Å². The SMILES string of the molecule is C/C(=N\Nc1ccc(Cl)c(Cl)c1)c1ccc(O)cc1O. The van der Waals surface area contributed by atoms with Gasteiger partial charge in [0.05, 0.1) is 21.4 Å². The van der Waals surface area contributed by atoms with Gasteiger partial charge in [0.25, 0.3) is 0 Å². The first-order valence-corrected chi connectivity index (χ1v) is 6.50. The second-order valence-corrected chi connectivity index (χ2v) is 4.95. The van der Waals surface area contributed by atoms with Crippen molar-refractivity contribution in [2.24, 2.45) is 5.10 Å². The normalized spacial score (nSPS) is 11.4. The van der Waals surface area contributed by atoms with Crippen molar-refractivity contribution >= 4 is 34.6 Å². The van der Waals surface area contributed by atoms with Gasteiger partial charge in [0.15, 0.2) is 0 Å². The second kappa shape index (κ2) is 6.03. The summed E-state index contributed by atoms with van der Waals surface area (Å²) in [6.07, 6.45) is 0. The fourth-order valence-corrected chi connectivity index (χ4v) is 1.90. The van der Waals surface area contributed by atoms with Crippen LogP contribution in [0.3, 0.4) is 0 Å². The zero-order valence-electron chi connectivity index (χ0n) is 10.6. The molecule has 2 aromatic carbocycles. The molecule has 20 heavy (non-hydrogen) atoms. The Kier molecular flexibility index (Phi) is 4.37. The lowest BCUT2D eigenvalue weighted by atomic mass is 10.1. The molecule has 0 amide bonds. The summed E-state index contributed by atoms with van der Waals surface area (Å²) < 4.78 is 0. The van der Waals surface area contributed by atoms with Crippen LogP contribution in [-0.2, 0) is 0 Å². The predicted octanol–water partition coefficient (Wildman–Crippen LogP) is 4.24. The number of nitrogens with one attached hydrogen (secondary N) is 1. The van der Waals surface area contributed by atoms with Gasteiger partial charge in [-0.05, 0) is 37.3 Å². The zero-order chi connectivity index (χ0) is 14.7. The lowest BCUT2D eigenvalue weighted by Gasteiger charge is -2.06. The van der Waals surface area contributed by atoms with Gasteiger partial charge in [-0.25, -0.2) is 0 Å². The van der Waals surface area contributed by atoms with Gasteiger partial charge in [-0.1, -0.05) is 23.2 Å². The molecule has 2 rings (SSSR count). The highest BCUT2D eigenvalue weighted by atomic mass is 35.5. The van der Waals surface area contributed by atoms with Crippen molar-refractivity contribution < 1.29 is 10.2 Å². The molecule has 0 spiro atoms. The van der Waals surface area contributed by atoms with Crippen LogP contribution in [0.4, 0.5) is 5.69 Å². The van der Waals surface area contributed by atoms with E-state index in [0.717, 1.165) is 0 Å². The summed E-state index contributed by atoms with van der Waals surface area (Å²) >= 11 is 11.7. The number of halogens is 2. The molecule has 3 N–H and O–H groups in total. The third-order valence-electron chi connectivity index (χ3n) is 2.64. The topological polar surface area (TPSA) is 64.9 Å². The van der Waals surface area contributed by atoms with E-state index in [9.17, 15) is 10.2 Å². The van der Waals surface area contributed by atoms with Crippen molar-refractivity contribution in [3.05, 3.63) is 52.0 Å². The van der Waals surface area contributed by atoms with Crippen molar-refractivity contribution in [1.29, 1.82) is 0 Å². The number of phenols is 2. The summed E-state index contributed by atoms with van der Waals surface area (Å²) in [5.74, 6) is -0.0429. The molecule has 0 aliphatic heterocycles. The van der Waals surface area contributed by atoms with Gasteiger partial charge in [0.1, 0.15) is 11.5 Å². The summed E-state index contributed by atoms with van der Waals surface area (Å²) in [6.45, 7) is 1.73. The Balaban J connectivity index is 2.20. The molecule has 2 aromatic rings. The first kappa shape index (κ1) is 14.5. The Bertz CT molecular complexity index is 672. The molecule has 0 atom stereocenters. The third-order valence-corrected chi connectivity index (χ3v) is 3.38. The Morgan fingerprint density at radius 3 is 2.45 bits per heavy atom. The Hall–Kier alpha value is -1.91. The first-order chi connectivity index (χ1) is 9.47. The largest absolute Gasteiger partial charge is 0.508 e. The van der Waals surface area contributed by atoms with Crippen LogP contribution in [0.1, 0.15) is 12.5 Å². The number of hydrogen-bond acceptors (Lipinski definition) is 4. The van der Waals surface area contributed by atoms with Gasteiger partial charge in [0, 0.05) is 11.6 Å². The smallest absolute Gasteiger partial charge is 0.128 e. The quantitative estimate of drug-likeness (QED) is 0.587. The van der Waals surface area contributed by atoms with Crippen molar-refractivity contribution in [2.45, 2.75) is 6.92 Å². The highest BCUT2D eigenvalue weighted by Gasteiger charge is 2.06. The molecule has 0 unspecified atom stereocenters. The molecule has 4 nitrogen and oxygen atoms in total. The summed E-state index contributed by atoms with van der Waals surface area (Å²) in [4.78, 5) is 0. The van der Waals surface area contributed by atoms with Crippen LogP contribution in [0, 0.1) is 0 Å². The minimum absolute atomic E-state index is 0.00325. The summed E-state index contributed by atoms with van der Waals surface area (Å²) in [5, 5.41) is 24.0. The Morgan fingerprint density at radius 1 is 1.05 bits per heavy atom. The molecular weight excluding hydrogens is 299 g/mol. The van der Waals surface area contributed by atoms with Crippen LogP contribution in [0.25, 0.3) is 0 Å². The van der Waals surface area contributed by atoms with Crippen LogP contribution >= 0.6 is 23.2 Å². The molecule has 0 saturated heterocycles. The maximum absolute atomic E-state index is 9.73. The predicted molar refractivity (Wildman–Crippen MR) is 82.1 cm³/mol. The number of hydrogen-bond donors (Lipinski definition) is 3. The monoisotopic (exact) mass is 310 g/mol. The van der Waals surface area contributed by atoms with Gasteiger partial charge in [-0.15, -0.1) is 0 Å². The number of rotatable bonds is 3. The maximum atomic E-state index is 9.73. The van der Waals surface area contributed by atoms with E-state index >= 15 is 0 Å². The minimum atomic E-state index is -0.0396. The Morgan fingerprint density at radius 2 is 1.80 bits per heavy atom. The van der Waals surface area contributed by atoms with Gasteiger partial charge >= 0.3 is 0 Å². The van der Waals surface area contributed by atoms with E-state index in [0.29, 0.717) is 27.0 Å². The van der Waals surface area contributed by atoms with Crippen molar-refractivity contribution in [3.63, 3.8) is 0 Å². The molecule has 0 radical (unpaired) electrons. The lowest BCUT2D eigenvalue weighted by Crippen LogP contribution is -2.00. The van der Waals surface area contributed by atoms with E-state index in [1.165, 1.54) is 12.1 Å². The van der Waals surface area contributed by atoms with E-state index < -0.39 is 0 Å². The van der Waals surface area contributed by atoms with Crippen LogP contribution in [0.5, 0.6) is 11.5 Å².